The molecule has 0 radical (unpaired) electrons. The summed E-state index contributed by atoms with van der Waals surface area (Å²) in [6.45, 7) is 1.36. The van der Waals surface area contributed by atoms with Gasteiger partial charge < -0.3 is 19.5 Å². The molecule has 2 amide bonds. The van der Waals surface area contributed by atoms with E-state index in [0.717, 1.165) is 36.0 Å². The largest absolute Gasteiger partial charge is 0.375 e. The maximum Gasteiger partial charge on any atom is 0.263 e. The quantitative estimate of drug-likeness (QED) is 0.738. The van der Waals surface area contributed by atoms with Gasteiger partial charge in [-0.25, -0.2) is 0 Å². The van der Waals surface area contributed by atoms with E-state index in [-0.39, 0.29) is 35.6 Å². The summed E-state index contributed by atoms with van der Waals surface area (Å²) in [7, 11) is 1.50. The number of pyridine rings is 1. The van der Waals surface area contributed by atoms with Crippen LogP contribution < -0.4 is 10.9 Å². The summed E-state index contributed by atoms with van der Waals surface area (Å²) in [5, 5.41) is 3.03. The van der Waals surface area contributed by atoms with Crippen molar-refractivity contribution < 1.29 is 14.3 Å². The van der Waals surface area contributed by atoms with Gasteiger partial charge in [0.25, 0.3) is 11.5 Å². The Morgan fingerprint density at radius 1 is 1.19 bits per heavy atom. The van der Waals surface area contributed by atoms with Gasteiger partial charge in [-0.15, -0.1) is 0 Å². The molecule has 4 rings (SSSR count). The molecule has 1 saturated carbocycles. The Kier molecular flexibility index (Phi) is 6.51. The van der Waals surface area contributed by atoms with Crippen LogP contribution in [0.25, 0.3) is 0 Å². The van der Waals surface area contributed by atoms with Crippen LogP contribution in [0.3, 0.4) is 0 Å². The Morgan fingerprint density at radius 2 is 1.97 bits per heavy atom. The van der Waals surface area contributed by atoms with E-state index in [1.54, 1.807) is 9.47 Å². The average molecular weight is 424 g/mol. The first-order valence-corrected chi connectivity index (χ1v) is 10.9. The zero-order valence-electron chi connectivity index (χ0n) is 17.9. The molecular weight excluding hydrogens is 394 g/mol. The Hall–Kier alpha value is -2.93. The molecule has 0 bridgehead atoms. The first kappa shape index (κ1) is 21.3. The van der Waals surface area contributed by atoms with E-state index in [9.17, 15) is 14.4 Å². The highest BCUT2D eigenvalue weighted by molar-refractivity contribution is 5.96. The minimum Gasteiger partial charge on any atom is -0.375 e. The molecule has 7 nitrogen and oxygen atoms in total. The van der Waals surface area contributed by atoms with E-state index in [0.29, 0.717) is 32.5 Å². The minimum atomic E-state index is -0.281. The third kappa shape index (κ3) is 4.71. The van der Waals surface area contributed by atoms with Gasteiger partial charge in [0.1, 0.15) is 12.2 Å². The fourth-order valence-electron chi connectivity index (χ4n) is 4.24. The Balaban J connectivity index is 1.65. The highest BCUT2D eigenvalue weighted by atomic mass is 16.5. The number of benzene rings is 1. The number of nitrogens with one attached hydrogen (secondary N) is 1. The van der Waals surface area contributed by atoms with Gasteiger partial charge in [-0.3, -0.25) is 14.4 Å². The monoisotopic (exact) mass is 423 g/mol. The number of aryl methyl sites for hydroxylation is 2. The molecule has 0 unspecified atom stereocenters. The Bertz CT molecular complexity index is 1010. The number of hydrogen-bond acceptors (Lipinski definition) is 4. The third-order valence-corrected chi connectivity index (χ3v) is 6.24. The van der Waals surface area contributed by atoms with Gasteiger partial charge in [0.15, 0.2) is 0 Å². The second kappa shape index (κ2) is 9.47. The van der Waals surface area contributed by atoms with Crippen molar-refractivity contribution in [3.63, 3.8) is 0 Å². The highest BCUT2D eigenvalue weighted by Gasteiger charge is 2.29. The van der Waals surface area contributed by atoms with Crippen molar-refractivity contribution in [2.24, 2.45) is 0 Å². The molecule has 0 saturated heterocycles. The molecule has 1 aliphatic carbocycles. The van der Waals surface area contributed by atoms with Crippen LogP contribution in [0.2, 0.25) is 0 Å². The molecule has 1 aromatic heterocycles. The van der Waals surface area contributed by atoms with Crippen molar-refractivity contribution in [2.45, 2.75) is 51.2 Å². The van der Waals surface area contributed by atoms with Crippen molar-refractivity contribution in [3.05, 3.63) is 69.1 Å². The fraction of sp³-hybridized carbons (Fsp3) is 0.458. The third-order valence-electron chi connectivity index (χ3n) is 6.24. The number of carbonyl (C=O) groups is 2. The number of ether oxygens (including phenoxy) is 1. The van der Waals surface area contributed by atoms with Crippen molar-refractivity contribution >= 4 is 11.8 Å². The average Bonchev–Trinajstić information content (AvgIpc) is 2.75. The van der Waals surface area contributed by atoms with E-state index in [1.165, 1.54) is 7.11 Å². The van der Waals surface area contributed by atoms with Crippen molar-refractivity contribution in [1.29, 1.82) is 0 Å². The van der Waals surface area contributed by atoms with Crippen LogP contribution >= 0.6 is 0 Å². The van der Waals surface area contributed by atoms with Crippen molar-refractivity contribution in [1.82, 2.24) is 14.8 Å². The predicted molar refractivity (Wildman–Crippen MR) is 117 cm³/mol. The number of methoxy groups -OCH3 is 1. The summed E-state index contributed by atoms with van der Waals surface area (Å²) in [5.74, 6) is -0.368. The number of fused-ring (bicyclic) bond motifs is 1. The topological polar surface area (TPSA) is 80.6 Å². The van der Waals surface area contributed by atoms with Gasteiger partial charge in [0, 0.05) is 39.0 Å². The van der Waals surface area contributed by atoms with E-state index in [4.69, 9.17) is 4.74 Å². The Labute approximate surface area is 182 Å². The van der Waals surface area contributed by atoms with Gasteiger partial charge in [-0.2, -0.15) is 0 Å². The van der Waals surface area contributed by atoms with Crippen LogP contribution in [0.4, 0.5) is 0 Å². The maximum absolute atomic E-state index is 13.3. The number of hydrogen-bond donors (Lipinski definition) is 1. The SMILES string of the molecule is COCC(=O)N1CCc2c(cn(CCc3ccccc3)c(=O)c2C(=O)NC2CCC2)C1. The van der Waals surface area contributed by atoms with Gasteiger partial charge >= 0.3 is 0 Å². The molecule has 0 atom stereocenters. The molecule has 1 aromatic carbocycles. The summed E-state index contributed by atoms with van der Waals surface area (Å²) in [6.07, 6.45) is 6.04. The minimum absolute atomic E-state index is 0.0258. The zero-order chi connectivity index (χ0) is 21.8. The van der Waals surface area contributed by atoms with E-state index in [2.05, 4.69) is 5.32 Å². The lowest BCUT2D eigenvalue weighted by Gasteiger charge is -2.31. The molecule has 1 aliphatic heterocycles. The second-order valence-corrected chi connectivity index (χ2v) is 8.34. The lowest BCUT2D eigenvalue weighted by molar-refractivity contribution is -0.136. The van der Waals surface area contributed by atoms with Crippen molar-refractivity contribution in [2.75, 3.05) is 20.3 Å². The maximum atomic E-state index is 13.3. The van der Waals surface area contributed by atoms with Crippen molar-refractivity contribution in [3.8, 4) is 0 Å². The lowest BCUT2D eigenvalue weighted by atomic mass is 9.91. The smallest absolute Gasteiger partial charge is 0.263 e. The van der Waals surface area contributed by atoms with Crippen LogP contribution in [0.1, 0.15) is 46.3 Å². The van der Waals surface area contributed by atoms with Crippen LogP contribution in [-0.2, 0) is 35.5 Å². The number of rotatable bonds is 7. The molecule has 2 aromatic rings. The molecule has 7 heteroatoms. The Morgan fingerprint density at radius 3 is 2.65 bits per heavy atom. The van der Waals surface area contributed by atoms with Gasteiger partial charge in [-0.05, 0) is 48.8 Å². The van der Waals surface area contributed by atoms with E-state index >= 15 is 0 Å². The molecule has 1 fully saturated rings. The van der Waals surface area contributed by atoms with Gasteiger partial charge in [0.05, 0.1) is 0 Å². The van der Waals surface area contributed by atoms with Gasteiger partial charge in [-0.1, -0.05) is 30.3 Å². The predicted octanol–water partition coefficient (Wildman–Crippen LogP) is 1.90. The first-order chi connectivity index (χ1) is 15.1. The summed E-state index contributed by atoms with van der Waals surface area (Å²) in [4.78, 5) is 40.4. The molecule has 1 N–H and O–H groups in total. The first-order valence-electron chi connectivity index (χ1n) is 10.9. The van der Waals surface area contributed by atoms with Gasteiger partial charge in [0.2, 0.25) is 5.91 Å². The molecule has 31 heavy (non-hydrogen) atoms. The molecule has 2 aliphatic rings. The van der Waals surface area contributed by atoms with Crippen LogP contribution in [0, 0.1) is 0 Å². The highest BCUT2D eigenvalue weighted by Crippen LogP contribution is 2.23. The standard InChI is InChI=1S/C24H29N3O4/c1-31-16-21(28)26-13-11-20-18(14-26)15-27(12-10-17-6-3-2-4-7-17)24(30)22(20)23(29)25-19-8-5-9-19/h2-4,6-7,15,19H,5,8-14,16H2,1H3,(H,25,29). The second-order valence-electron chi connectivity index (χ2n) is 8.34. The van der Waals surface area contributed by atoms with E-state index in [1.807, 2.05) is 36.5 Å². The lowest BCUT2D eigenvalue weighted by Crippen LogP contribution is -2.45. The summed E-state index contributed by atoms with van der Waals surface area (Å²) >= 11 is 0. The van der Waals surface area contributed by atoms with Crippen LogP contribution in [-0.4, -0.2) is 47.6 Å². The summed E-state index contributed by atoms with van der Waals surface area (Å²) in [5.41, 5.74) is 2.77. The number of nitrogens with zero attached hydrogens (tertiary/aromatic N) is 2. The van der Waals surface area contributed by atoms with E-state index < -0.39 is 0 Å². The summed E-state index contributed by atoms with van der Waals surface area (Å²) < 4.78 is 6.62. The summed E-state index contributed by atoms with van der Waals surface area (Å²) in [6, 6.07) is 10.1. The molecular formula is C24H29N3O4. The zero-order valence-corrected chi connectivity index (χ0v) is 17.9. The fourth-order valence-corrected chi connectivity index (χ4v) is 4.24. The van der Waals surface area contributed by atoms with Crippen LogP contribution in [0.15, 0.2) is 41.3 Å². The molecule has 0 spiro atoms. The number of carbonyl (C=O) groups excluding carboxylic acids is 2. The number of aromatic nitrogens is 1. The van der Waals surface area contributed by atoms with Crippen LogP contribution in [0.5, 0.6) is 0 Å². The molecule has 164 valence electrons. The normalized spacial score (nSPS) is 15.8. The molecule has 2 heterocycles. The number of amides is 2.